The molecule has 2 aliphatic heterocycles. The topological polar surface area (TPSA) is 6.48 Å². The van der Waals surface area contributed by atoms with Gasteiger partial charge >= 0.3 is 0 Å². The predicted molar refractivity (Wildman–Crippen MR) is 36.3 cm³/mol. The number of fused-ring (bicyclic) bond motifs is 1. The lowest BCUT2D eigenvalue weighted by Crippen LogP contribution is -2.34. The molecule has 0 aromatic rings. The lowest BCUT2D eigenvalue weighted by molar-refractivity contribution is 0.462. The van der Waals surface area contributed by atoms with Gasteiger partial charge in [-0.15, -0.1) is 0 Å². The maximum absolute atomic E-state index is 2.16. The van der Waals surface area contributed by atoms with E-state index in [1.54, 1.807) is 0 Å². The Hall–Kier alpha value is 0.180. The fourth-order valence-corrected chi connectivity index (χ4v) is 1.05. The average molecular weight is 99.3 g/mol. The van der Waals surface area contributed by atoms with Crippen molar-refractivity contribution in [3.63, 3.8) is 0 Å². The van der Waals surface area contributed by atoms with Gasteiger partial charge in [0.2, 0.25) is 29.7 Å². The molecular weight excluding hydrogens is 95.3 g/mol. The van der Waals surface area contributed by atoms with Gasteiger partial charge in [-0.05, 0) is 0 Å². The molecule has 0 spiro atoms. The number of rotatable bonds is 0. The molecule has 2 fully saturated rings. The van der Waals surface area contributed by atoms with Gasteiger partial charge in [-0.25, -0.2) is 0 Å². The molecule has 0 N–H and O–H groups in total. The highest BCUT2D eigenvalue weighted by atomic mass is 15.5. The number of hydrazine groups is 1. The van der Waals surface area contributed by atoms with E-state index >= 15 is 0 Å². The molecule has 34 valence electrons. The molecule has 0 aliphatic carbocycles. The van der Waals surface area contributed by atoms with Crippen LogP contribution in [0.4, 0.5) is 0 Å². The first-order chi connectivity index (χ1) is 3.97. The van der Waals surface area contributed by atoms with Crippen LogP contribution in [-0.2, 0) is 0 Å². The molecule has 0 unspecified atom stereocenters. The lowest BCUT2D eigenvalue weighted by atomic mass is 9.61. The second-order valence-corrected chi connectivity index (χ2v) is 1.96. The van der Waals surface area contributed by atoms with Crippen LogP contribution < -0.4 is 0 Å². The molecule has 8 heavy (non-hydrogen) atoms. The smallest absolute Gasteiger partial charge is 0.201 e. The molecule has 6 heteroatoms. The summed E-state index contributed by atoms with van der Waals surface area (Å²) in [6.45, 7) is 0. The van der Waals surface area contributed by atoms with E-state index in [-0.39, 0.29) is 0 Å². The first kappa shape index (κ1) is 5.00. The van der Waals surface area contributed by atoms with Crippen LogP contribution in [0.25, 0.3) is 0 Å². The summed E-state index contributed by atoms with van der Waals surface area (Å²) in [5, 5.41) is 0. The van der Waals surface area contributed by atoms with E-state index in [0.29, 0.717) is 0 Å². The van der Waals surface area contributed by atoms with Gasteiger partial charge in [-0.2, -0.15) is 0 Å². The zero-order valence-corrected chi connectivity index (χ0v) is 4.62. The van der Waals surface area contributed by atoms with Gasteiger partial charge < -0.3 is 9.66 Å². The van der Waals surface area contributed by atoms with Crippen molar-refractivity contribution in [2.75, 3.05) is 0 Å². The fraction of sp³-hybridized carbons (Fsp3) is 1.00. The van der Waals surface area contributed by atoms with Crippen molar-refractivity contribution >= 4 is 29.7 Å². The monoisotopic (exact) mass is 100 g/mol. The van der Waals surface area contributed by atoms with Gasteiger partial charge in [0.15, 0.2) is 0 Å². The van der Waals surface area contributed by atoms with E-state index in [0.717, 1.165) is 12.4 Å². The van der Waals surface area contributed by atoms with E-state index in [9.17, 15) is 0 Å². The van der Waals surface area contributed by atoms with Gasteiger partial charge in [-0.1, -0.05) is 12.4 Å². The fourth-order valence-electron chi connectivity index (χ4n) is 1.05. The zero-order valence-electron chi connectivity index (χ0n) is 4.62. The maximum atomic E-state index is 2.16. The van der Waals surface area contributed by atoms with Crippen molar-refractivity contribution in [3.8, 4) is 0 Å². The van der Waals surface area contributed by atoms with Crippen LogP contribution in [0.15, 0.2) is 0 Å². The van der Waals surface area contributed by atoms with E-state index in [2.05, 4.69) is 39.3 Å². The predicted octanol–water partition coefficient (Wildman–Crippen LogP) is -1.24. The minimum absolute atomic E-state index is 1.08. The average Bonchev–Trinajstić information content (AvgIpc) is 2.15. The third kappa shape index (κ3) is 0.633. The van der Waals surface area contributed by atoms with Gasteiger partial charge in [0.05, 0.1) is 0 Å². The molecule has 2 saturated heterocycles. The molecule has 2 rings (SSSR count). The Morgan fingerprint density at radius 1 is 0.750 bits per heavy atom. The van der Waals surface area contributed by atoms with Crippen molar-refractivity contribution in [3.05, 3.63) is 0 Å². The lowest BCUT2D eigenvalue weighted by Gasteiger charge is -2.19. The molecule has 0 aromatic heterocycles. The SMILES string of the molecule is [B]1C[B]N2[B]C[B]N12. The van der Waals surface area contributed by atoms with Crippen LogP contribution in [0.1, 0.15) is 0 Å². The number of nitrogens with zero attached hydrogens (tertiary/aromatic N) is 2. The van der Waals surface area contributed by atoms with Gasteiger partial charge in [-0.3, -0.25) is 0 Å². The summed E-state index contributed by atoms with van der Waals surface area (Å²) >= 11 is 0. The maximum Gasteiger partial charge on any atom is 0.201 e. The molecule has 0 aromatic carbocycles. The van der Waals surface area contributed by atoms with E-state index < -0.39 is 0 Å². The van der Waals surface area contributed by atoms with Crippen molar-refractivity contribution in [1.82, 2.24) is 9.66 Å². The van der Waals surface area contributed by atoms with Crippen molar-refractivity contribution in [2.24, 2.45) is 0 Å². The quantitative estimate of drug-likeness (QED) is 0.351. The van der Waals surface area contributed by atoms with E-state index in [1.807, 2.05) is 0 Å². The number of hydrogen-bond donors (Lipinski definition) is 0. The highest BCUT2D eigenvalue weighted by Crippen LogP contribution is 2.10. The molecule has 0 bridgehead atoms. The Balaban J connectivity index is 2.04. The third-order valence-corrected chi connectivity index (χ3v) is 1.44. The third-order valence-electron chi connectivity index (χ3n) is 1.44. The van der Waals surface area contributed by atoms with Gasteiger partial charge in [0, 0.05) is 0 Å². The second kappa shape index (κ2) is 1.85. The van der Waals surface area contributed by atoms with Crippen molar-refractivity contribution < 1.29 is 0 Å². The molecule has 2 nitrogen and oxygen atoms in total. The molecule has 2 heterocycles. The summed E-state index contributed by atoms with van der Waals surface area (Å²) in [5.74, 6) is 0. The minimum atomic E-state index is 1.08. The Morgan fingerprint density at radius 3 is 1.50 bits per heavy atom. The molecule has 0 amide bonds. The first-order valence-electron chi connectivity index (χ1n) is 2.87. The van der Waals surface area contributed by atoms with Gasteiger partial charge in [0.1, 0.15) is 0 Å². The standard InChI is InChI=1S/C2H4B4N2/c1-3-7-5-2-6-8(7)4-1/h1-2H2. The molecule has 4 radical (unpaired) electrons. The summed E-state index contributed by atoms with van der Waals surface area (Å²) in [7, 11) is 8.62. The van der Waals surface area contributed by atoms with Crippen molar-refractivity contribution in [1.29, 1.82) is 0 Å². The van der Waals surface area contributed by atoms with Crippen LogP contribution in [0, 0.1) is 0 Å². The highest BCUT2D eigenvalue weighted by Gasteiger charge is 2.28. The number of hydrogen-bond acceptors (Lipinski definition) is 2. The molecule has 2 aliphatic rings. The van der Waals surface area contributed by atoms with Crippen LogP contribution >= 0.6 is 0 Å². The second-order valence-electron chi connectivity index (χ2n) is 1.96. The van der Waals surface area contributed by atoms with Gasteiger partial charge in [0.25, 0.3) is 0 Å². The largest absolute Gasteiger partial charge is 0.350 e. The molecule has 0 saturated carbocycles. The van der Waals surface area contributed by atoms with Crippen LogP contribution in [0.2, 0.25) is 12.4 Å². The summed E-state index contributed by atoms with van der Waals surface area (Å²) < 4.78 is 0. The Labute approximate surface area is 52.6 Å². The van der Waals surface area contributed by atoms with Crippen molar-refractivity contribution in [2.45, 2.75) is 12.4 Å². The normalized spacial score (nSPS) is 27.5. The van der Waals surface area contributed by atoms with E-state index in [1.165, 1.54) is 0 Å². The Kier molecular flexibility index (Phi) is 1.16. The van der Waals surface area contributed by atoms with E-state index in [4.69, 9.17) is 0 Å². The first-order valence-corrected chi connectivity index (χ1v) is 2.87. The van der Waals surface area contributed by atoms with Crippen LogP contribution in [-0.4, -0.2) is 39.3 Å². The summed E-state index contributed by atoms with van der Waals surface area (Å²) in [5.41, 5.74) is 0. The summed E-state index contributed by atoms with van der Waals surface area (Å²) in [6.07, 6.45) is 2.15. The summed E-state index contributed by atoms with van der Waals surface area (Å²) in [6, 6.07) is 0. The zero-order chi connectivity index (χ0) is 5.40. The van der Waals surface area contributed by atoms with Crippen LogP contribution in [0.3, 0.4) is 0 Å². The Bertz CT molecular complexity index is 78.0. The highest BCUT2D eigenvalue weighted by molar-refractivity contribution is 6.76. The molecule has 0 atom stereocenters. The summed E-state index contributed by atoms with van der Waals surface area (Å²) in [4.78, 5) is 4.22. The van der Waals surface area contributed by atoms with Crippen LogP contribution in [0.5, 0.6) is 0 Å². The minimum Gasteiger partial charge on any atom is -0.350 e. The molecular formula is C2H4B4N2. The Morgan fingerprint density at radius 2 is 1.12 bits per heavy atom.